The number of nitrogens with one attached hydrogen (secondary N) is 1. The molecule has 1 aromatic heterocycles. The molecule has 1 aromatic carbocycles. The van der Waals surface area contributed by atoms with Crippen LogP contribution in [0.5, 0.6) is 5.75 Å². The Hall–Kier alpha value is -1.53. The number of carbonyl (C=O) groups is 1. The summed E-state index contributed by atoms with van der Waals surface area (Å²) >= 11 is 4.78. The first kappa shape index (κ1) is 15.9. The maximum atomic E-state index is 12.0. The van der Waals surface area contributed by atoms with E-state index in [0.717, 1.165) is 15.1 Å². The van der Waals surface area contributed by atoms with Crippen molar-refractivity contribution >= 4 is 39.3 Å². The highest BCUT2D eigenvalue weighted by Crippen LogP contribution is 2.25. The summed E-state index contributed by atoms with van der Waals surface area (Å²) in [5.41, 5.74) is 1.71. The Morgan fingerprint density at radius 1 is 1.43 bits per heavy atom. The summed E-state index contributed by atoms with van der Waals surface area (Å²) in [6, 6.07) is 9.31. The first-order valence-corrected chi connectivity index (χ1v) is 8.06. The van der Waals surface area contributed by atoms with Gasteiger partial charge in [0.15, 0.2) is 0 Å². The number of pyridine rings is 1. The van der Waals surface area contributed by atoms with Gasteiger partial charge in [-0.15, -0.1) is 0 Å². The molecular formula is C15H15BrN2O2S. The number of nitrogens with zero attached hydrogens (tertiary/aromatic N) is 1. The van der Waals surface area contributed by atoms with Gasteiger partial charge in [-0.1, -0.05) is 23.9 Å². The molecule has 1 amide bonds. The summed E-state index contributed by atoms with van der Waals surface area (Å²) in [5.74, 6) is 0.857. The van der Waals surface area contributed by atoms with Gasteiger partial charge in [-0.25, -0.2) is 4.98 Å². The van der Waals surface area contributed by atoms with Crippen LogP contribution >= 0.6 is 27.7 Å². The number of anilines is 1. The quantitative estimate of drug-likeness (QED) is 0.815. The molecule has 0 atom stereocenters. The molecule has 0 fully saturated rings. The maximum absolute atomic E-state index is 12.0. The van der Waals surface area contributed by atoms with Crippen LogP contribution in [0.2, 0.25) is 0 Å². The van der Waals surface area contributed by atoms with Crippen LogP contribution in [-0.2, 0) is 4.79 Å². The average molecular weight is 367 g/mol. The van der Waals surface area contributed by atoms with Crippen molar-refractivity contribution in [3.05, 3.63) is 46.6 Å². The fourth-order valence-corrected chi connectivity index (χ4v) is 2.95. The number of methoxy groups -OCH3 is 1. The first-order chi connectivity index (χ1) is 10.1. The number of aryl methyl sites for hydroxylation is 1. The number of para-hydroxylation sites is 2. The molecule has 110 valence electrons. The lowest BCUT2D eigenvalue weighted by Crippen LogP contribution is -2.14. The largest absolute Gasteiger partial charge is 0.495 e. The second-order valence-corrected chi connectivity index (χ2v) is 6.19. The van der Waals surface area contributed by atoms with Gasteiger partial charge >= 0.3 is 0 Å². The number of rotatable bonds is 5. The van der Waals surface area contributed by atoms with Crippen molar-refractivity contribution in [2.24, 2.45) is 0 Å². The van der Waals surface area contributed by atoms with Crippen LogP contribution in [0.1, 0.15) is 5.56 Å². The molecular weight excluding hydrogens is 352 g/mol. The highest BCUT2D eigenvalue weighted by atomic mass is 79.9. The van der Waals surface area contributed by atoms with E-state index in [-0.39, 0.29) is 5.91 Å². The molecule has 1 heterocycles. The number of amides is 1. The molecule has 0 aliphatic carbocycles. The van der Waals surface area contributed by atoms with Gasteiger partial charge in [0, 0.05) is 10.7 Å². The van der Waals surface area contributed by atoms with E-state index in [9.17, 15) is 4.79 Å². The molecule has 0 aliphatic rings. The highest BCUT2D eigenvalue weighted by Gasteiger charge is 2.09. The molecule has 6 heteroatoms. The number of ether oxygens (including phenoxy) is 1. The van der Waals surface area contributed by atoms with E-state index >= 15 is 0 Å². The zero-order valence-corrected chi connectivity index (χ0v) is 14.1. The van der Waals surface area contributed by atoms with Gasteiger partial charge in [0.05, 0.1) is 23.6 Å². The number of thioether (sulfide) groups is 1. The molecule has 4 nitrogen and oxygen atoms in total. The first-order valence-electron chi connectivity index (χ1n) is 6.28. The summed E-state index contributed by atoms with van der Waals surface area (Å²) in [7, 11) is 1.58. The van der Waals surface area contributed by atoms with E-state index in [2.05, 4.69) is 26.2 Å². The Bertz CT molecular complexity index is 649. The standard InChI is InChI=1S/C15H15BrN2O2S/c1-10-7-11(16)8-17-15(10)21-9-14(19)18-12-5-3-4-6-13(12)20-2/h3-8H,9H2,1-2H3,(H,18,19). The Balaban J connectivity index is 1.96. The van der Waals surface area contributed by atoms with Crippen molar-refractivity contribution in [2.75, 3.05) is 18.2 Å². The predicted molar refractivity (Wildman–Crippen MR) is 89.0 cm³/mol. The van der Waals surface area contributed by atoms with Crippen molar-refractivity contribution in [3.8, 4) is 5.75 Å². The van der Waals surface area contributed by atoms with Gasteiger partial charge in [0.2, 0.25) is 5.91 Å². The van der Waals surface area contributed by atoms with E-state index in [4.69, 9.17) is 4.74 Å². The van der Waals surface area contributed by atoms with Crippen LogP contribution in [0.25, 0.3) is 0 Å². The second kappa shape index (κ2) is 7.47. The van der Waals surface area contributed by atoms with E-state index in [1.54, 1.807) is 13.3 Å². The van der Waals surface area contributed by atoms with Crippen molar-refractivity contribution < 1.29 is 9.53 Å². The maximum Gasteiger partial charge on any atom is 0.234 e. The topological polar surface area (TPSA) is 51.2 Å². The third kappa shape index (κ3) is 4.47. The predicted octanol–water partition coefficient (Wildman–Crippen LogP) is 3.89. The lowest BCUT2D eigenvalue weighted by Gasteiger charge is -2.10. The Morgan fingerprint density at radius 2 is 2.19 bits per heavy atom. The second-order valence-electron chi connectivity index (χ2n) is 4.31. The van der Waals surface area contributed by atoms with Crippen LogP contribution in [0.15, 0.2) is 46.0 Å². The molecule has 21 heavy (non-hydrogen) atoms. The molecule has 0 unspecified atom stereocenters. The van der Waals surface area contributed by atoms with Gasteiger partial charge in [-0.05, 0) is 46.6 Å². The molecule has 0 bridgehead atoms. The summed E-state index contributed by atoms with van der Waals surface area (Å²) in [5, 5.41) is 3.70. The highest BCUT2D eigenvalue weighted by molar-refractivity contribution is 9.10. The molecule has 0 saturated heterocycles. The number of carbonyl (C=O) groups excluding carboxylic acids is 1. The van der Waals surface area contributed by atoms with Crippen molar-refractivity contribution in [1.29, 1.82) is 0 Å². The van der Waals surface area contributed by atoms with Gasteiger partial charge in [-0.3, -0.25) is 4.79 Å². The number of hydrogen-bond donors (Lipinski definition) is 1. The zero-order valence-electron chi connectivity index (χ0n) is 11.7. The minimum Gasteiger partial charge on any atom is -0.495 e. The fourth-order valence-electron chi connectivity index (χ4n) is 1.75. The van der Waals surface area contributed by atoms with Gasteiger partial charge < -0.3 is 10.1 Å². The average Bonchev–Trinajstić information content (AvgIpc) is 2.47. The molecule has 0 saturated carbocycles. The van der Waals surface area contributed by atoms with Gasteiger partial charge in [0.25, 0.3) is 0 Å². The van der Waals surface area contributed by atoms with Crippen molar-refractivity contribution in [3.63, 3.8) is 0 Å². The lowest BCUT2D eigenvalue weighted by molar-refractivity contribution is -0.113. The molecule has 1 N–H and O–H groups in total. The van der Waals surface area contributed by atoms with E-state index < -0.39 is 0 Å². The van der Waals surface area contributed by atoms with Crippen LogP contribution < -0.4 is 10.1 Å². The van der Waals surface area contributed by atoms with Gasteiger partial charge in [0.1, 0.15) is 5.75 Å². The minimum atomic E-state index is -0.0892. The van der Waals surface area contributed by atoms with Crippen molar-refractivity contribution in [2.45, 2.75) is 11.9 Å². The normalized spacial score (nSPS) is 10.2. The smallest absolute Gasteiger partial charge is 0.234 e. The van der Waals surface area contributed by atoms with Crippen LogP contribution in [0.4, 0.5) is 5.69 Å². The third-order valence-electron chi connectivity index (χ3n) is 2.72. The SMILES string of the molecule is COc1ccccc1NC(=O)CSc1ncc(Br)cc1C. The van der Waals surface area contributed by atoms with Gasteiger partial charge in [-0.2, -0.15) is 0 Å². The number of benzene rings is 1. The molecule has 2 rings (SSSR count). The summed E-state index contributed by atoms with van der Waals surface area (Å²) in [6.07, 6.45) is 1.73. The number of aromatic nitrogens is 1. The Labute approximate surface area is 136 Å². The summed E-state index contributed by atoms with van der Waals surface area (Å²) in [4.78, 5) is 16.3. The zero-order chi connectivity index (χ0) is 15.2. The summed E-state index contributed by atoms with van der Waals surface area (Å²) < 4.78 is 6.14. The molecule has 2 aromatic rings. The number of halogens is 1. The third-order valence-corrected chi connectivity index (χ3v) is 4.26. The number of hydrogen-bond acceptors (Lipinski definition) is 4. The monoisotopic (exact) mass is 366 g/mol. The fraction of sp³-hybridized carbons (Fsp3) is 0.200. The molecule has 0 radical (unpaired) electrons. The Kier molecular flexibility index (Phi) is 5.64. The minimum absolute atomic E-state index is 0.0892. The van der Waals surface area contributed by atoms with Crippen LogP contribution in [-0.4, -0.2) is 23.8 Å². The Morgan fingerprint density at radius 3 is 2.90 bits per heavy atom. The van der Waals surface area contributed by atoms with E-state index in [0.29, 0.717) is 17.2 Å². The summed E-state index contributed by atoms with van der Waals surface area (Å²) in [6.45, 7) is 1.97. The van der Waals surface area contributed by atoms with E-state index in [1.165, 1.54) is 11.8 Å². The molecule has 0 spiro atoms. The lowest BCUT2D eigenvalue weighted by atomic mass is 10.3. The van der Waals surface area contributed by atoms with Crippen LogP contribution in [0, 0.1) is 6.92 Å². The van der Waals surface area contributed by atoms with E-state index in [1.807, 2.05) is 37.3 Å². The van der Waals surface area contributed by atoms with Crippen LogP contribution in [0.3, 0.4) is 0 Å². The molecule has 0 aliphatic heterocycles. The van der Waals surface area contributed by atoms with Crippen molar-refractivity contribution in [1.82, 2.24) is 4.98 Å².